The lowest BCUT2D eigenvalue weighted by atomic mass is 9.75. The highest BCUT2D eigenvalue weighted by Crippen LogP contribution is 2.34. The average molecular weight is 213 g/mol. The molecule has 1 aliphatic rings. The van der Waals surface area contributed by atoms with Crippen molar-refractivity contribution < 1.29 is 4.74 Å². The summed E-state index contributed by atoms with van der Waals surface area (Å²) in [7, 11) is 1.79. The summed E-state index contributed by atoms with van der Waals surface area (Å²) in [6, 6.07) is 0. The molecule has 15 heavy (non-hydrogen) atoms. The van der Waals surface area contributed by atoms with Crippen molar-refractivity contribution >= 4 is 0 Å². The Balaban J connectivity index is 2.48. The minimum absolute atomic E-state index is 0.197. The largest absolute Gasteiger partial charge is 0.383 e. The second-order valence-electron chi connectivity index (χ2n) is 6.54. The molecule has 0 aromatic carbocycles. The molecule has 1 aliphatic heterocycles. The summed E-state index contributed by atoms with van der Waals surface area (Å²) in [6.07, 6.45) is 3.89. The van der Waals surface area contributed by atoms with E-state index in [0.29, 0.717) is 5.41 Å². The van der Waals surface area contributed by atoms with Crippen LogP contribution in [0.2, 0.25) is 0 Å². The van der Waals surface area contributed by atoms with Crippen LogP contribution in [0.1, 0.15) is 47.0 Å². The van der Waals surface area contributed by atoms with Gasteiger partial charge in [0.05, 0.1) is 6.61 Å². The van der Waals surface area contributed by atoms with Crippen LogP contribution in [0.4, 0.5) is 0 Å². The van der Waals surface area contributed by atoms with Crippen LogP contribution in [0, 0.1) is 11.3 Å². The molecule has 0 aliphatic carbocycles. The van der Waals surface area contributed by atoms with Crippen LogP contribution in [-0.2, 0) is 4.74 Å². The lowest BCUT2D eigenvalue weighted by Gasteiger charge is -2.40. The second-order valence-corrected chi connectivity index (χ2v) is 6.54. The van der Waals surface area contributed by atoms with Gasteiger partial charge in [-0.15, -0.1) is 0 Å². The molecule has 0 radical (unpaired) electrons. The molecule has 1 heterocycles. The fourth-order valence-electron chi connectivity index (χ4n) is 2.86. The maximum absolute atomic E-state index is 5.30. The average Bonchev–Trinajstić information content (AvgIpc) is 1.99. The molecule has 1 saturated heterocycles. The summed E-state index contributed by atoms with van der Waals surface area (Å²) < 4.78 is 5.30. The van der Waals surface area contributed by atoms with Gasteiger partial charge >= 0.3 is 0 Å². The molecule has 1 fully saturated rings. The minimum Gasteiger partial charge on any atom is -0.383 e. The predicted molar refractivity (Wildman–Crippen MR) is 65.1 cm³/mol. The monoisotopic (exact) mass is 213 g/mol. The number of nitrogens with one attached hydrogen (secondary N) is 1. The SMILES string of the molecule is COCC1(C)CC(CC(C)(C)C)CCN1. The van der Waals surface area contributed by atoms with E-state index < -0.39 is 0 Å². The summed E-state index contributed by atoms with van der Waals surface area (Å²) in [5.74, 6) is 0.853. The molecule has 0 saturated carbocycles. The van der Waals surface area contributed by atoms with E-state index in [9.17, 15) is 0 Å². The maximum atomic E-state index is 5.30. The van der Waals surface area contributed by atoms with E-state index in [0.717, 1.165) is 19.1 Å². The van der Waals surface area contributed by atoms with Gasteiger partial charge in [-0.2, -0.15) is 0 Å². The molecule has 2 atom stereocenters. The Kier molecular flexibility index (Phi) is 4.19. The smallest absolute Gasteiger partial charge is 0.0641 e. The second kappa shape index (κ2) is 4.84. The summed E-state index contributed by atoms with van der Waals surface area (Å²) >= 11 is 0. The molecule has 90 valence electrons. The van der Waals surface area contributed by atoms with E-state index in [1.807, 2.05) is 0 Å². The predicted octanol–water partition coefficient (Wildman–Crippen LogP) is 2.83. The minimum atomic E-state index is 0.197. The van der Waals surface area contributed by atoms with Crippen molar-refractivity contribution in [3.63, 3.8) is 0 Å². The van der Waals surface area contributed by atoms with Crippen molar-refractivity contribution in [2.75, 3.05) is 20.3 Å². The molecule has 1 N–H and O–H groups in total. The highest BCUT2D eigenvalue weighted by atomic mass is 16.5. The van der Waals surface area contributed by atoms with E-state index in [1.165, 1.54) is 19.3 Å². The van der Waals surface area contributed by atoms with E-state index in [4.69, 9.17) is 4.74 Å². The van der Waals surface area contributed by atoms with Crippen molar-refractivity contribution in [2.24, 2.45) is 11.3 Å². The van der Waals surface area contributed by atoms with Gasteiger partial charge in [-0.1, -0.05) is 20.8 Å². The van der Waals surface area contributed by atoms with E-state index in [-0.39, 0.29) is 5.54 Å². The van der Waals surface area contributed by atoms with Crippen molar-refractivity contribution in [1.29, 1.82) is 0 Å². The van der Waals surface area contributed by atoms with Gasteiger partial charge in [0.25, 0.3) is 0 Å². The van der Waals surface area contributed by atoms with Gasteiger partial charge in [0.15, 0.2) is 0 Å². The fourth-order valence-corrected chi connectivity index (χ4v) is 2.86. The van der Waals surface area contributed by atoms with Crippen molar-refractivity contribution in [2.45, 2.75) is 52.5 Å². The van der Waals surface area contributed by atoms with Crippen molar-refractivity contribution in [3.8, 4) is 0 Å². The zero-order valence-corrected chi connectivity index (χ0v) is 11.0. The van der Waals surface area contributed by atoms with Gasteiger partial charge < -0.3 is 10.1 Å². The molecule has 1 rings (SSSR count). The molecule has 2 nitrogen and oxygen atoms in total. The molecule has 2 heteroatoms. The first-order valence-electron chi connectivity index (χ1n) is 6.09. The molecule has 2 unspecified atom stereocenters. The molecular weight excluding hydrogens is 186 g/mol. The Labute approximate surface area is 94.8 Å². The molecular formula is C13H27NO. The third-order valence-corrected chi connectivity index (χ3v) is 3.21. The van der Waals surface area contributed by atoms with Crippen LogP contribution in [0.5, 0.6) is 0 Å². The van der Waals surface area contributed by atoms with Crippen molar-refractivity contribution in [3.05, 3.63) is 0 Å². The summed E-state index contributed by atoms with van der Waals surface area (Å²) in [4.78, 5) is 0. The van der Waals surface area contributed by atoms with Gasteiger partial charge in [0.1, 0.15) is 0 Å². The van der Waals surface area contributed by atoms with Gasteiger partial charge in [-0.05, 0) is 44.1 Å². The molecule has 0 bridgehead atoms. The number of rotatable bonds is 3. The Morgan fingerprint density at radius 3 is 2.60 bits per heavy atom. The van der Waals surface area contributed by atoms with Crippen LogP contribution >= 0.6 is 0 Å². The summed E-state index contributed by atoms with van der Waals surface area (Å²) in [5.41, 5.74) is 0.652. The van der Waals surface area contributed by atoms with Gasteiger partial charge in [-0.25, -0.2) is 0 Å². The number of hydrogen-bond donors (Lipinski definition) is 1. The zero-order chi connectivity index (χ0) is 11.5. The number of piperidine rings is 1. The highest BCUT2D eigenvalue weighted by molar-refractivity contribution is 4.91. The van der Waals surface area contributed by atoms with E-state index in [2.05, 4.69) is 33.0 Å². The van der Waals surface area contributed by atoms with Crippen LogP contribution in [0.25, 0.3) is 0 Å². The Morgan fingerprint density at radius 1 is 1.40 bits per heavy atom. The molecule has 0 spiro atoms. The third kappa shape index (κ3) is 4.52. The normalized spacial score (nSPS) is 33.0. The topological polar surface area (TPSA) is 21.3 Å². The lowest BCUT2D eigenvalue weighted by molar-refractivity contribution is 0.0731. The number of methoxy groups -OCH3 is 1. The first kappa shape index (κ1) is 13.0. The van der Waals surface area contributed by atoms with Crippen LogP contribution in [0.15, 0.2) is 0 Å². The van der Waals surface area contributed by atoms with Crippen LogP contribution in [0.3, 0.4) is 0 Å². The molecule has 0 aromatic rings. The zero-order valence-electron chi connectivity index (χ0n) is 11.0. The third-order valence-electron chi connectivity index (χ3n) is 3.21. The number of ether oxygens (including phenoxy) is 1. The maximum Gasteiger partial charge on any atom is 0.0641 e. The van der Waals surface area contributed by atoms with Crippen LogP contribution in [-0.4, -0.2) is 25.8 Å². The number of hydrogen-bond acceptors (Lipinski definition) is 2. The van der Waals surface area contributed by atoms with Gasteiger partial charge in [-0.3, -0.25) is 0 Å². The van der Waals surface area contributed by atoms with Gasteiger partial charge in [0.2, 0.25) is 0 Å². The molecule has 0 amide bonds. The first-order valence-corrected chi connectivity index (χ1v) is 6.09. The standard InChI is InChI=1S/C13H27NO/c1-12(2,3)8-11-6-7-14-13(4,9-11)10-15-5/h11,14H,6-10H2,1-5H3. The van der Waals surface area contributed by atoms with Crippen molar-refractivity contribution in [1.82, 2.24) is 5.32 Å². The van der Waals surface area contributed by atoms with Crippen LogP contribution < -0.4 is 5.32 Å². The highest BCUT2D eigenvalue weighted by Gasteiger charge is 2.33. The Morgan fingerprint density at radius 2 is 2.07 bits per heavy atom. The van der Waals surface area contributed by atoms with Gasteiger partial charge in [0, 0.05) is 12.6 Å². The quantitative estimate of drug-likeness (QED) is 0.778. The molecule has 0 aromatic heterocycles. The van der Waals surface area contributed by atoms with E-state index >= 15 is 0 Å². The fraction of sp³-hybridized carbons (Fsp3) is 1.00. The Hall–Kier alpha value is -0.0800. The van der Waals surface area contributed by atoms with E-state index in [1.54, 1.807) is 7.11 Å². The first-order chi connectivity index (χ1) is 6.85. The summed E-state index contributed by atoms with van der Waals surface area (Å²) in [5, 5.41) is 3.59. The summed E-state index contributed by atoms with van der Waals surface area (Å²) in [6.45, 7) is 11.3. The Bertz CT molecular complexity index is 193. The lowest BCUT2D eigenvalue weighted by Crippen LogP contribution is -2.52.